The third kappa shape index (κ3) is 9.44. The molecule has 0 radical (unpaired) electrons. The number of ether oxygens (including phenoxy) is 1. The second-order valence-electron chi connectivity index (χ2n) is 3.77. The van der Waals surface area contributed by atoms with Gasteiger partial charge < -0.3 is 14.9 Å². The van der Waals surface area contributed by atoms with Crippen LogP contribution >= 0.6 is 0 Å². The Balaban J connectivity index is 3.46. The largest absolute Gasteiger partial charge is 0.463 e. The summed E-state index contributed by atoms with van der Waals surface area (Å²) < 4.78 is 4.71. The fraction of sp³-hybridized carbons (Fsp3) is 0.889. The van der Waals surface area contributed by atoms with Crippen LogP contribution in [0.2, 0.25) is 0 Å². The highest BCUT2D eigenvalue weighted by atomic mass is 16.5. The molecule has 0 bridgehead atoms. The second kappa shape index (κ2) is 5.95. The predicted molar refractivity (Wildman–Crippen MR) is 51.6 cm³/mol. The molecule has 0 saturated carbocycles. The van der Waals surface area contributed by atoms with Crippen molar-refractivity contribution < 1.29 is 19.7 Å². The zero-order valence-electron chi connectivity index (χ0n) is 8.91. The molecule has 0 spiro atoms. The third-order valence-corrected chi connectivity index (χ3v) is 1.37. The number of rotatable bonds is 6. The SMILES string of the molecule is CC(O)COC(=O)CCNC(C)(C)O. The lowest BCUT2D eigenvalue weighted by atomic mass is 10.3. The molecule has 0 aromatic rings. The summed E-state index contributed by atoms with van der Waals surface area (Å²) in [7, 11) is 0. The molecule has 0 fully saturated rings. The van der Waals surface area contributed by atoms with E-state index in [0.717, 1.165) is 0 Å². The maximum absolute atomic E-state index is 11.0. The topological polar surface area (TPSA) is 78.8 Å². The Morgan fingerprint density at radius 1 is 1.57 bits per heavy atom. The Hall–Kier alpha value is -0.650. The van der Waals surface area contributed by atoms with Crippen molar-refractivity contribution in [2.75, 3.05) is 13.2 Å². The van der Waals surface area contributed by atoms with E-state index < -0.39 is 11.8 Å². The number of aliphatic hydroxyl groups excluding tert-OH is 1. The molecule has 0 aromatic heterocycles. The van der Waals surface area contributed by atoms with E-state index in [9.17, 15) is 9.90 Å². The van der Waals surface area contributed by atoms with E-state index >= 15 is 0 Å². The summed E-state index contributed by atoms with van der Waals surface area (Å²) in [5, 5.41) is 20.8. The number of aliphatic hydroxyl groups is 2. The van der Waals surface area contributed by atoms with Gasteiger partial charge in [-0.25, -0.2) is 0 Å². The molecule has 0 heterocycles. The van der Waals surface area contributed by atoms with Gasteiger partial charge in [-0.1, -0.05) is 0 Å². The molecule has 1 unspecified atom stereocenters. The van der Waals surface area contributed by atoms with E-state index in [0.29, 0.717) is 6.54 Å². The van der Waals surface area contributed by atoms with Crippen LogP contribution in [0.5, 0.6) is 0 Å². The van der Waals surface area contributed by atoms with Crippen molar-refractivity contribution in [3.63, 3.8) is 0 Å². The highest BCUT2D eigenvalue weighted by Crippen LogP contribution is 1.95. The first kappa shape index (κ1) is 13.4. The molecule has 5 heteroatoms. The summed E-state index contributed by atoms with van der Waals surface area (Å²) in [6.07, 6.45) is -0.460. The lowest BCUT2D eigenvalue weighted by molar-refractivity contribution is -0.146. The van der Waals surface area contributed by atoms with Gasteiger partial charge in [-0.2, -0.15) is 0 Å². The maximum atomic E-state index is 11.0. The van der Waals surface area contributed by atoms with E-state index in [-0.39, 0.29) is 19.0 Å². The number of hydrogen-bond acceptors (Lipinski definition) is 5. The smallest absolute Gasteiger partial charge is 0.307 e. The van der Waals surface area contributed by atoms with Crippen molar-refractivity contribution in [2.24, 2.45) is 0 Å². The predicted octanol–water partition coefficient (Wildman–Crippen LogP) is -0.381. The minimum Gasteiger partial charge on any atom is -0.463 e. The Labute approximate surface area is 84.1 Å². The molecule has 0 aliphatic carbocycles. The monoisotopic (exact) mass is 205 g/mol. The molecule has 5 nitrogen and oxygen atoms in total. The molecule has 3 N–H and O–H groups in total. The van der Waals surface area contributed by atoms with E-state index in [1.165, 1.54) is 0 Å². The van der Waals surface area contributed by atoms with E-state index in [4.69, 9.17) is 9.84 Å². The molecule has 0 aliphatic heterocycles. The van der Waals surface area contributed by atoms with Crippen LogP contribution in [-0.2, 0) is 9.53 Å². The highest BCUT2D eigenvalue weighted by molar-refractivity contribution is 5.69. The molecular weight excluding hydrogens is 186 g/mol. The van der Waals surface area contributed by atoms with Gasteiger partial charge in [-0.3, -0.25) is 10.1 Å². The number of carbonyl (C=O) groups is 1. The second-order valence-corrected chi connectivity index (χ2v) is 3.77. The van der Waals surface area contributed by atoms with Crippen molar-refractivity contribution in [2.45, 2.75) is 39.0 Å². The Morgan fingerprint density at radius 2 is 2.14 bits per heavy atom. The van der Waals surface area contributed by atoms with Crippen molar-refractivity contribution in [1.82, 2.24) is 5.32 Å². The number of carbonyl (C=O) groups excluding carboxylic acids is 1. The third-order valence-electron chi connectivity index (χ3n) is 1.37. The molecule has 0 amide bonds. The van der Waals surface area contributed by atoms with Gasteiger partial charge in [0.25, 0.3) is 0 Å². The van der Waals surface area contributed by atoms with Gasteiger partial charge in [0.15, 0.2) is 0 Å². The van der Waals surface area contributed by atoms with Crippen LogP contribution in [0.3, 0.4) is 0 Å². The van der Waals surface area contributed by atoms with Crippen LogP contribution in [0.4, 0.5) is 0 Å². The first-order chi connectivity index (χ1) is 6.31. The zero-order chi connectivity index (χ0) is 11.2. The molecule has 84 valence electrons. The van der Waals surface area contributed by atoms with Crippen molar-refractivity contribution in [1.29, 1.82) is 0 Å². The number of hydrogen-bond donors (Lipinski definition) is 3. The van der Waals surface area contributed by atoms with Gasteiger partial charge in [0.05, 0.1) is 12.5 Å². The van der Waals surface area contributed by atoms with Crippen LogP contribution in [0, 0.1) is 0 Å². The summed E-state index contributed by atoms with van der Waals surface area (Å²) in [4.78, 5) is 11.0. The van der Waals surface area contributed by atoms with E-state index in [2.05, 4.69) is 5.32 Å². The molecule has 0 aliphatic rings. The van der Waals surface area contributed by atoms with Crippen LogP contribution in [0.15, 0.2) is 0 Å². The Bertz CT molecular complexity index is 174. The molecule has 0 aromatic carbocycles. The summed E-state index contributed by atoms with van der Waals surface area (Å²) in [5.41, 5.74) is -0.982. The van der Waals surface area contributed by atoms with Crippen LogP contribution in [0.25, 0.3) is 0 Å². The first-order valence-electron chi connectivity index (χ1n) is 4.62. The van der Waals surface area contributed by atoms with E-state index in [1.807, 2.05) is 0 Å². The van der Waals surface area contributed by atoms with E-state index in [1.54, 1.807) is 20.8 Å². The van der Waals surface area contributed by atoms with Crippen LogP contribution in [-0.4, -0.2) is 41.2 Å². The minimum atomic E-state index is -0.982. The van der Waals surface area contributed by atoms with Gasteiger partial charge >= 0.3 is 5.97 Å². The summed E-state index contributed by atoms with van der Waals surface area (Å²) in [5.74, 6) is -0.386. The average Bonchev–Trinajstić information content (AvgIpc) is 1.98. The molecule has 0 saturated heterocycles. The highest BCUT2D eigenvalue weighted by Gasteiger charge is 2.12. The summed E-state index contributed by atoms with van der Waals surface area (Å²) >= 11 is 0. The lowest BCUT2D eigenvalue weighted by Crippen LogP contribution is -2.40. The molecule has 1 atom stereocenters. The molecule has 14 heavy (non-hydrogen) atoms. The zero-order valence-corrected chi connectivity index (χ0v) is 8.91. The number of esters is 1. The normalized spacial score (nSPS) is 13.8. The lowest BCUT2D eigenvalue weighted by Gasteiger charge is -2.18. The number of nitrogens with one attached hydrogen (secondary N) is 1. The fourth-order valence-corrected chi connectivity index (χ4v) is 0.756. The Kier molecular flexibility index (Phi) is 5.68. The van der Waals surface area contributed by atoms with Crippen LogP contribution < -0.4 is 5.32 Å². The molecular formula is C9H19NO4. The Morgan fingerprint density at radius 3 is 2.57 bits per heavy atom. The van der Waals surface area contributed by atoms with Gasteiger partial charge in [0, 0.05) is 6.54 Å². The van der Waals surface area contributed by atoms with Crippen molar-refractivity contribution in [3.05, 3.63) is 0 Å². The minimum absolute atomic E-state index is 0.0152. The quantitative estimate of drug-likeness (QED) is 0.407. The van der Waals surface area contributed by atoms with Crippen LogP contribution in [0.1, 0.15) is 27.2 Å². The maximum Gasteiger partial charge on any atom is 0.307 e. The van der Waals surface area contributed by atoms with Crippen molar-refractivity contribution in [3.8, 4) is 0 Å². The van der Waals surface area contributed by atoms with Crippen molar-refractivity contribution >= 4 is 5.97 Å². The fourth-order valence-electron chi connectivity index (χ4n) is 0.756. The first-order valence-corrected chi connectivity index (χ1v) is 4.62. The van der Waals surface area contributed by atoms with Gasteiger partial charge in [-0.15, -0.1) is 0 Å². The molecule has 0 rings (SSSR count). The summed E-state index contributed by atoms with van der Waals surface area (Å²) in [6, 6.07) is 0. The average molecular weight is 205 g/mol. The van der Waals surface area contributed by atoms with Gasteiger partial charge in [0.1, 0.15) is 12.3 Å². The summed E-state index contributed by atoms with van der Waals surface area (Å²) in [6.45, 7) is 5.09. The standard InChI is InChI=1S/C9H19NO4/c1-7(11)6-14-8(12)4-5-10-9(2,3)13/h7,10-11,13H,4-6H2,1-3H3. The van der Waals surface area contributed by atoms with Gasteiger partial charge in [0.2, 0.25) is 0 Å². The van der Waals surface area contributed by atoms with Gasteiger partial charge in [-0.05, 0) is 20.8 Å².